The Bertz CT molecular complexity index is 538. The minimum absolute atomic E-state index is 0.522. The molecule has 0 fully saturated rings. The molecular weight excluding hydrogens is 297 g/mol. The summed E-state index contributed by atoms with van der Waals surface area (Å²) in [6.45, 7) is 0. The summed E-state index contributed by atoms with van der Waals surface area (Å²) >= 11 is 2.72. The highest BCUT2D eigenvalue weighted by Gasteiger charge is 2.30. The Morgan fingerprint density at radius 3 is 2.63 bits per heavy atom. The lowest BCUT2D eigenvalue weighted by Gasteiger charge is -2.06. The molecule has 2 heterocycles. The minimum atomic E-state index is -4.35. The summed E-state index contributed by atoms with van der Waals surface area (Å²) < 4.78 is 37.0. The molecule has 1 N–H and O–H groups in total. The predicted octanol–water partition coefficient (Wildman–Crippen LogP) is 3.29. The molecule has 0 aliphatic heterocycles. The molecule has 0 aromatic carbocycles. The molecule has 0 saturated heterocycles. The van der Waals surface area contributed by atoms with E-state index in [1.165, 1.54) is 29.2 Å². The number of aromatic nitrogens is 3. The van der Waals surface area contributed by atoms with Crippen molar-refractivity contribution in [1.29, 1.82) is 0 Å². The average Bonchev–Trinajstić information content (AvgIpc) is 2.84. The lowest BCUT2D eigenvalue weighted by atomic mass is 10.3. The second-order valence-corrected chi connectivity index (χ2v) is 5.48. The van der Waals surface area contributed by atoms with E-state index in [1.807, 2.05) is 0 Å². The molecule has 0 atom stereocenters. The zero-order chi connectivity index (χ0) is 13.9. The van der Waals surface area contributed by atoms with E-state index in [-0.39, 0.29) is 0 Å². The molecule has 0 unspecified atom stereocenters. The van der Waals surface area contributed by atoms with E-state index in [9.17, 15) is 13.2 Å². The van der Waals surface area contributed by atoms with Gasteiger partial charge in [-0.3, -0.25) is 0 Å². The summed E-state index contributed by atoms with van der Waals surface area (Å²) in [7, 11) is 1.74. The molecule has 2 aromatic rings. The fourth-order valence-corrected chi connectivity index (χ4v) is 2.70. The molecule has 0 aliphatic rings. The molecule has 4 nitrogen and oxygen atoms in total. The Hall–Kier alpha value is -1.35. The van der Waals surface area contributed by atoms with Gasteiger partial charge in [0.1, 0.15) is 5.01 Å². The Morgan fingerprint density at radius 1 is 1.32 bits per heavy atom. The highest BCUT2D eigenvalue weighted by molar-refractivity contribution is 7.98. The van der Waals surface area contributed by atoms with Gasteiger partial charge in [0.2, 0.25) is 5.13 Å². The van der Waals surface area contributed by atoms with Gasteiger partial charge >= 0.3 is 6.18 Å². The van der Waals surface area contributed by atoms with Gasteiger partial charge < -0.3 is 5.32 Å². The molecule has 0 bridgehead atoms. The lowest BCUT2D eigenvalue weighted by molar-refractivity contribution is -0.137. The first-order valence-electron chi connectivity index (χ1n) is 5.15. The van der Waals surface area contributed by atoms with Crippen molar-refractivity contribution in [2.75, 3.05) is 12.4 Å². The van der Waals surface area contributed by atoms with E-state index in [4.69, 9.17) is 0 Å². The maximum atomic E-state index is 12.3. The number of hydrogen-bond donors (Lipinski definition) is 1. The standard InChI is InChI=1S/C10H9F3N4S2/c1-14-9-17-16-8(19-9)5-18-7-3-2-6(4-15-7)10(11,12)13/h2-4H,5H2,1H3,(H,14,17). The maximum Gasteiger partial charge on any atom is 0.417 e. The van der Waals surface area contributed by atoms with Crippen LogP contribution in [-0.4, -0.2) is 22.2 Å². The molecule has 0 spiro atoms. The van der Waals surface area contributed by atoms with Crippen molar-refractivity contribution in [2.24, 2.45) is 0 Å². The minimum Gasteiger partial charge on any atom is -0.363 e. The number of alkyl halides is 3. The van der Waals surface area contributed by atoms with Crippen LogP contribution in [-0.2, 0) is 11.9 Å². The predicted molar refractivity (Wildman–Crippen MR) is 68.3 cm³/mol. The summed E-state index contributed by atoms with van der Waals surface area (Å²) in [5.41, 5.74) is -0.745. The van der Waals surface area contributed by atoms with Crippen LogP contribution in [0.2, 0.25) is 0 Å². The van der Waals surface area contributed by atoms with E-state index < -0.39 is 11.7 Å². The second kappa shape index (κ2) is 5.74. The molecule has 9 heteroatoms. The molecule has 2 aromatic heterocycles. The molecule has 2 rings (SSSR count). The van der Waals surface area contributed by atoms with Gasteiger partial charge in [-0.05, 0) is 12.1 Å². The van der Waals surface area contributed by atoms with Gasteiger partial charge in [0, 0.05) is 13.2 Å². The third-order valence-corrected chi connectivity index (χ3v) is 4.17. The smallest absolute Gasteiger partial charge is 0.363 e. The SMILES string of the molecule is CNc1nnc(CSc2ccc(C(F)(F)F)cn2)s1. The molecule has 19 heavy (non-hydrogen) atoms. The number of pyridine rings is 1. The quantitative estimate of drug-likeness (QED) is 0.879. The van der Waals surface area contributed by atoms with Crippen molar-refractivity contribution in [1.82, 2.24) is 15.2 Å². The first kappa shape index (κ1) is 14.1. The number of rotatable bonds is 4. The summed E-state index contributed by atoms with van der Waals surface area (Å²) in [4.78, 5) is 3.77. The topological polar surface area (TPSA) is 50.7 Å². The first-order chi connectivity index (χ1) is 8.99. The maximum absolute atomic E-state index is 12.3. The Morgan fingerprint density at radius 2 is 2.11 bits per heavy atom. The third-order valence-electron chi connectivity index (χ3n) is 2.09. The number of anilines is 1. The molecule has 102 valence electrons. The summed E-state index contributed by atoms with van der Waals surface area (Å²) in [6.07, 6.45) is -3.52. The Balaban J connectivity index is 1.96. The van der Waals surface area contributed by atoms with Gasteiger partial charge in [-0.1, -0.05) is 23.1 Å². The summed E-state index contributed by atoms with van der Waals surface area (Å²) in [5, 5.41) is 12.7. The van der Waals surface area contributed by atoms with Gasteiger partial charge in [-0.25, -0.2) is 4.98 Å². The fourth-order valence-electron chi connectivity index (χ4n) is 1.18. The Kier molecular flexibility index (Phi) is 4.25. The van der Waals surface area contributed by atoms with Crippen LogP contribution in [0.4, 0.5) is 18.3 Å². The van der Waals surface area contributed by atoms with Crippen LogP contribution in [0.15, 0.2) is 23.4 Å². The van der Waals surface area contributed by atoms with E-state index in [1.54, 1.807) is 7.05 Å². The normalized spacial score (nSPS) is 11.6. The van der Waals surface area contributed by atoms with E-state index in [2.05, 4.69) is 20.5 Å². The van der Waals surface area contributed by atoms with Crippen molar-refractivity contribution < 1.29 is 13.2 Å². The van der Waals surface area contributed by atoms with Crippen LogP contribution in [0, 0.1) is 0 Å². The molecule has 0 saturated carbocycles. The van der Waals surface area contributed by atoms with Crippen LogP contribution in [0.25, 0.3) is 0 Å². The summed E-state index contributed by atoms with van der Waals surface area (Å²) in [6, 6.07) is 2.38. The van der Waals surface area contributed by atoms with Gasteiger partial charge in [-0.15, -0.1) is 10.2 Å². The second-order valence-electron chi connectivity index (χ2n) is 3.42. The van der Waals surface area contributed by atoms with Crippen LogP contribution in [0.3, 0.4) is 0 Å². The van der Waals surface area contributed by atoms with Gasteiger partial charge in [0.25, 0.3) is 0 Å². The molecule has 0 radical (unpaired) electrons. The first-order valence-corrected chi connectivity index (χ1v) is 6.95. The lowest BCUT2D eigenvalue weighted by Crippen LogP contribution is -2.05. The molecular formula is C10H9F3N4S2. The van der Waals surface area contributed by atoms with Gasteiger partial charge in [0.05, 0.1) is 16.3 Å². The van der Waals surface area contributed by atoms with Gasteiger partial charge in [0.15, 0.2) is 0 Å². The van der Waals surface area contributed by atoms with Crippen LogP contribution < -0.4 is 5.32 Å². The van der Waals surface area contributed by atoms with Crippen molar-refractivity contribution in [3.8, 4) is 0 Å². The number of nitrogens with one attached hydrogen (secondary N) is 1. The number of hydrogen-bond acceptors (Lipinski definition) is 6. The largest absolute Gasteiger partial charge is 0.417 e. The van der Waals surface area contributed by atoms with E-state index in [0.29, 0.717) is 15.9 Å². The summed E-state index contributed by atoms with van der Waals surface area (Å²) in [5.74, 6) is 0.526. The zero-order valence-electron chi connectivity index (χ0n) is 9.73. The van der Waals surface area contributed by atoms with Crippen LogP contribution in [0.1, 0.15) is 10.6 Å². The van der Waals surface area contributed by atoms with Crippen molar-refractivity contribution in [3.05, 3.63) is 28.9 Å². The average molecular weight is 306 g/mol. The highest BCUT2D eigenvalue weighted by atomic mass is 32.2. The zero-order valence-corrected chi connectivity index (χ0v) is 11.4. The van der Waals surface area contributed by atoms with Gasteiger partial charge in [-0.2, -0.15) is 13.2 Å². The molecule has 0 amide bonds. The molecule has 0 aliphatic carbocycles. The fraction of sp³-hybridized carbons (Fsp3) is 0.300. The third kappa shape index (κ3) is 3.80. The van der Waals surface area contributed by atoms with E-state index in [0.717, 1.165) is 17.3 Å². The van der Waals surface area contributed by atoms with Crippen molar-refractivity contribution in [2.45, 2.75) is 17.0 Å². The van der Waals surface area contributed by atoms with E-state index >= 15 is 0 Å². The number of nitrogens with zero attached hydrogens (tertiary/aromatic N) is 3. The number of halogens is 3. The van der Waals surface area contributed by atoms with Crippen LogP contribution in [0.5, 0.6) is 0 Å². The highest BCUT2D eigenvalue weighted by Crippen LogP contribution is 2.30. The number of thioether (sulfide) groups is 1. The monoisotopic (exact) mass is 306 g/mol. The Labute approximate surface area is 115 Å². The van der Waals surface area contributed by atoms with Crippen molar-refractivity contribution >= 4 is 28.2 Å². The van der Waals surface area contributed by atoms with Crippen molar-refractivity contribution in [3.63, 3.8) is 0 Å². The van der Waals surface area contributed by atoms with Crippen LogP contribution >= 0.6 is 23.1 Å².